The SMILES string of the molecule is CN(C)C(CNC(=O)c1ccc2c(c1)OCO2)c1cc2ccccc2o1. The largest absolute Gasteiger partial charge is 0.459 e. The molecule has 0 bridgehead atoms. The first kappa shape index (κ1) is 16.5. The third kappa shape index (κ3) is 3.11. The van der Waals surface area contributed by atoms with Gasteiger partial charge in [0.1, 0.15) is 11.3 Å². The molecule has 6 heteroatoms. The topological polar surface area (TPSA) is 63.9 Å². The van der Waals surface area contributed by atoms with Crippen molar-refractivity contribution in [3.8, 4) is 11.5 Å². The highest BCUT2D eigenvalue weighted by Gasteiger charge is 2.21. The van der Waals surface area contributed by atoms with Crippen LogP contribution in [0.25, 0.3) is 11.0 Å². The molecular formula is C20H20N2O4. The van der Waals surface area contributed by atoms with E-state index in [1.165, 1.54) is 0 Å². The molecule has 0 saturated carbocycles. The van der Waals surface area contributed by atoms with Crippen molar-refractivity contribution in [1.82, 2.24) is 10.2 Å². The van der Waals surface area contributed by atoms with Gasteiger partial charge in [-0.15, -0.1) is 0 Å². The average molecular weight is 352 g/mol. The quantitative estimate of drug-likeness (QED) is 0.764. The standard InChI is InChI=1S/C20H20N2O4/c1-22(2)15(18-9-13-5-3-4-6-16(13)26-18)11-21-20(23)14-7-8-17-19(10-14)25-12-24-17/h3-10,15H,11-12H2,1-2H3,(H,21,23). The molecule has 6 nitrogen and oxygen atoms in total. The first-order valence-electron chi connectivity index (χ1n) is 8.44. The number of hydrogen-bond donors (Lipinski definition) is 1. The maximum absolute atomic E-state index is 12.5. The lowest BCUT2D eigenvalue weighted by molar-refractivity contribution is 0.0939. The molecule has 0 spiro atoms. The Labute approximate surface area is 151 Å². The second-order valence-electron chi connectivity index (χ2n) is 6.44. The van der Waals surface area contributed by atoms with Gasteiger partial charge in [0.2, 0.25) is 6.79 Å². The van der Waals surface area contributed by atoms with Gasteiger partial charge in [-0.3, -0.25) is 9.69 Å². The van der Waals surface area contributed by atoms with E-state index in [1.807, 2.05) is 49.3 Å². The summed E-state index contributed by atoms with van der Waals surface area (Å²) in [6.07, 6.45) is 0. The number of likely N-dealkylation sites (N-methyl/N-ethyl adjacent to an activating group) is 1. The number of ether oxygens (including phenoxy) is 2. The Morgan fingerprint density at radius 3 is 2.73 bits per heavy atom. The Kier molecular flexibility index (Phi) is 4.26. The molecule has 2 aromatic carbocycles. The van der Waals surface area contributed by atoms with Crippen LogP contribution < -0.4 is 14.8 Å². The predicted octanol–water partition coefficient (Wildman–Crippen LogP) is 3.19. The summed E-state index contributed by atoms with van der Waals surface area (Å²) in [6, 6.07) is 15.0. The Morgan fingerprint density at radius 1 is 1.12 bits per heavy atom. The molecule has 4 rings (SSSR count). The lowest BCUT2D eigenvalue weighted by Crippen LogP contribution is -2.34. The first-order chi connectivity index (χ1) is 12.6. The van der Waals surface area contributed by atoms with Crippen LogP contribution >= 0.6 is 0 Å². The van der Waals surface area contributed by atoms with E-state index in [2.05, 4.69) is 5.32 Å². The van der Waals surface area contributed by atoms with E-state index >= 15 is 0 Å². The van der Waals surface area contributed by atoms with E-state index < -0.39 is 0 Å². The van der Waals surface area contributed by atoms with Crippen molar-refractivity contribution in [2.24, 2.45) is 0 Å². The Hall–Kier alpha value is -2.99. The Balaban J connectivity index is 1.49. The molecule has 1 amide bonds. The van der Waals surface area contributed by atoms with Crippen molar-refractivity contribution in [3.05, 3.63) is 59.9 Å². The van der Waals surface area contributed by atoms with Crippen LogP contribution in [0.5, 0.6) is 11.5 Å². The molecular weight excluding hydrogens is 332 g/mol. The van der Waals surface area contributed by atoms with Gasteiger partial charge < -0.3 is 19.2 Å². The summed E-state index contributed by atoms with van der Waals surface area (Å²) in [7, 11) is 3.93. The van der Waals surface area contributed by atoms with E-state index in [-0.39, 0.29) is 18.7 Å². The summed E-state index contributed by atoms with van der Waals surface area (Å²) in [5.41, 5.74) is 1.38. The van der Waals surface area contributed by atoms with E-state index in [1.54, 1.807) is 18.2 Å². The van der Waals surface area contributed by atoms with Gasteiger partial charge in [0.15, 0.2) is 11.5 Å². The van der Waals surface area contributed by atoms with E-state index in [0.717, 1.165) is 16.7 Å². The molecule has 3 aromatic rings. The number of hydrogen-bond acceptors (Lipinski definition) is 5. The fraction of sp³-hybridized carbons (Fsp3) is 0.250. The van der Waals surface area contributed by atoms with Crippen molar-refractivity contribution in [2.45, 2.75) is 6.04 Å². The van der Waals surface area contributed by atoms with E-state index in [4.69, 9.17) is 13.9 Å². The van der Waals surface area contributed by atoms with Gasteiger partial charge in [-0.2, -0.15) is 0 Å². The monoisotopic (exact) mass is 352 g/mol. The molecule has 0 saturated heterocycles. The molecule has 0 radical (unpaired) electrons. The minimum atomic E-state index is -0.161. The minimum Gasteiger partial charge on any atom is -0.459 e. The molecule has 26 heavy (non-hydrogen) atoms. The third-order valence-corrected chi connectivity index (χ3v) is 4.49. The van der Waals surface area contributed by atoms with Crippen molar-refractivity contribution in [2.75, 3.05) is 27.4 Å². The Bertz CT molecular complexity index is 915. The first-order valence-corrected chi connectivity index (χ1v) is 8.44. The van der Waals surface area contributed by atoms with Gasteiger partial charge in [0, 0.05) is 17.5 Å². The summed E-state index contributed by atoms with van der Waals surface area (Å²) < 4.78 is 16.6. The van der Waals surface area contributed by atoms with Crippen LogP contribution in [0.15, 0.2) is 52.9 Å². The highest BCUT2D eigenvalue weighted by atomic mass is 16.7. The number of rotatable bonds is 5. The van der Waals surface area contributed by atoms with Crippen LogP contribution in [0.4, 0.5) is 0 Å². The smallest absolute Gasteiger partial charge is 0.251 e. The molecule has 1 atom stereocenters. The maximum Gasteiger partial charge on any atom is 0.251 e. The maximum atomic E-state index is 12.5. The minimum absolute atomic E-state index is 0.0691. The highest BCUT2D eigenvalue weighted by molar-refractivity contribution is 5.95. The number of carbonyl (C=O) groups is 1. The average Bonchev–Trinajstić information content (AvgIpc) is 3.27. The molecule has 0 fully saturated rings. The van der Waals surface area contributed by atoms with Gasteiger partial charge in [-0.1, -0.05) is 18.2 Å². The number of benzene rings is 2. The predicted molar refractivity (Wildman–Crippen MR) is 97.5 cm³/mol. The summed E-state index contributed by atoms with van der Waals surface area (Å²) in [6.45, 7) is 0.620. The molecule has 1 N–H and O–H groups in total. The van der Waals surface area contributed by atoms with Crippen LogP contribution in [0.1, 0.15) is 22.2 Å². The third-order valence-electron chi connectivity index (χ3n) is 4.49. The summed E-state index contributed by atoms with van der Waals surface area (Å²) in [5, 5.41) is 4.03. The Morgan fingerprint density at radius 2 is 1.92 bits per heavy atom. The van der Waals surface area contributed by atoms with Crippen LogP contribution in [0, 0.1) is 0 Å². The zero-order valence-corrected chi connectivity index (χ0v) is 14.7. The van der Waals surface area contributed by atoms with E-state index in [9.17, 15) is 4.79 Å². The van der Waals surface area contributed by atoms with Crippen molar-refractivity contribution >= 4 is 16.9 Å². The fourth-order valence-corrected chi connectivity index (χ4v) is 3.03. The lowest BCUT2D eigenvalue weighted by atomic mass is 10.1. The number of carbonyl (C=O) groups excluding carboxylic acids is 1. The number of nitrogens with one attached hydrogen (secondary N) is 1. The summed E-state index contributed by atoms with van der Waals surface area (Å²) in [4.78, 5) is 14.5. The van der Waals surface area contributed by atoms with Gasteiger partial charge >= 0.3 is 0 Å². The highest BCUT2D eigenvalue weighted by Crippen LogP contribution is 2.32. The molecule has 134 valence electrons. The van der Waals surface area contributed by atoms with Gasteiger partial charge in [0.25, 0.3) is 5.91 Å². The second kappa shape index (κ2) is 6.72. The number of fused-ring (bicyclic) bond motifs is 2. The molecule has 1 unspecified atom stereocenters. The summed E-state index contributed by atoms with van der Waals surface area (Å²) >= 11 is 0. The molecule has 1 aliphatic rings. The number of para-hydroxylation sites is 1. The van der Waals surface area contributed by atoms with Crippen molar-refractivity contribution < 1.29 is 18.7 Å². The van der Waals surface area contributed by atoms with Crippen LogP contribution in [-0.4, -0.2) is 38.2 Å². The van der Waals surface area contributed by atoms with Gasteiger partial charge in [-0.05, 0) is 44.4 Å². The fourth-order valence-electron chi connectivity index (χ4n) is 3.03. The molecule has 1 aliphatic heterocycles. The van der Waals surface area contributed by atoms with Crippen molar-refractivity contribution in [1.29, 1.82) is 0 Å². The number of amides is 1. The van der Waals surface area contributed by atoms with E-state index in [0.29, 0.717) is 23.6 Å². The van der Waals surface area contributed by atoms with Gasteiger partial charge in [0.05, 0.1) is 6.04 Å². The number of furan rings is 1. The van der Waals surface area contributed by atoms with Gasteiger partial charge in [-0.25, -0.2) is 0 Å². The van der Waals surface area contributed by atoms with Crippen LogP contribution in [-0.2, 0) is 0 Å². The molecule has 2 heterocycles. The normalized spacial score (nSPS) is 14.0. The zero-order chi connectivity index (χ0) is 18.1. The summed E-state index contributed by atoms with van der Waals surface area (Å²) in [5.74, 6) is 1.92. The molecule has 0 aliphatic carbocycles. The second-order valence-corrected chi connectivity index (χ2v) is 6.44. The number of nitrogens with zero attached hydrogens (tertiary/aromatic N) is 1. The lowest BCUT2D eigenvalue weighted by Gasteiger charge is -2.22. The van der Waals surface area contributed by atoms with Crippen LogP contribution in [0.2, 0.25) is 0 Å². The zero-order valence-electron chi connectivity index (χ0n) is 14.7. The van der Waals surface area contributed by atoms with Crippen LogP contribution in [0.3, 0.4) is 0 Å². The van der Waals surface area contributed by atoms with Crippen molar-refractivity contribution in [3.63, 3.8) is 0 Å². The molecule has 1 aromatic heterocycles.